The van der Waals surface area contributed by atoms with Crippen molar-refractivity contribution in [1.82, 2.24) is 14.1 Å². The van der Waals surface area contributed by atoms with Crippen LogP contribution >= 0.6 is 0 Å². The van der Waals surface area contributed by atoms with Crippen LogP contribution in [0.3, 0.4) is 0 Å². The molecule has 5 heteroatoms. The van der Waals surface area contributed by atoms with Crippen LogP contribution in [-0.4, -0.2) is 14.1 Å². The maximum Gasteiger partial charge on any atom is 0.255 e. The molecule has 3 heterocycles. The number of aromatic nitrogens is 4. The summed E-state index contributed by atoms with van der Waals surface area (Å²) in [7, 11) is 0. The lowest BCUT2D eigenvalue weighted by Crippen LogP contribution is -2.56. The summed E-state index contributed by atoms with van der Waals surface area (Å²) in [5, 5.41) is 2.39. The third-order valence-electron chi connectivity index (χ3n) is 16.2. The monoisotopic (exact) mass is 891 g/mol. The van der Waals surface area contributed by atoms with E-state index >= 15 is 0 Å². The summed E-state index contributed by atoms with van der Waals surface area (Å²) in [4.78, 5) is 5.19. The maximum absolute atomic E-state index is 6.90. The summed E-state index contributed by atoms with van der Waals surface area (Å²) in [6.45, 7) is 0. The summed E-state index contributed by atoms with van der Waals surface area (Å²) in [5.41, 5.74) is 14.1. The van der Waals surface area contributed by atoms with Crippen LogP contribution in [0, 0.1) is 23.7 Å². The van der Waals surface area contributed by atoms with Crippen LogP contribution in [0.2, 0.25) is 0 Å². The van der Waals surface area contributed by atoms with Gasteiger partial charge in [0.25, 0.3) is 6.33 Å². The number of hydrogen-bond donors (Lipinski definition) is 0. The average molecular weight is 892 g/mol. The molecule has 4 fully saturated rings. The number of pyridine rings is 1. The van der Waals surface area contributed by atoms with E-state index in [9.17, 15) is 0 Å². The van der Waals surface area contributed by atoms with Crippen LogP contribution in [0.1, 0.15) is 43.2 Å². The predicted octanol–water partition coefficient (Wildman–Crippen LogP) is 15.3. The third-order valence-corrected chi connectivity index (χ3v) is 16.2. The van der Waals surface area contributed by atoms with Crippen LogP contribution in [0.4, 0.5) is 0 Å². The van der Waals surface area contributed by atoms with E-state index < -0.39 is 0 Å². The fraction of sp³-hybridized carbons (Fsp3) is 0.156. The zero-order valence-corrected chi connectivity index (χ0v) is 38.4. The maximum atomic E-state index is 6.90. The molecule has 4 bridgehead atoms. The summed E-state index contributed by atoms with van der Waals surface area (Å²) >= 11 is 0. The minimum Gasteiger partial charge on any atom is -0.457 e. The molecule has 4 aliphatic carbocycles. The second kappa shape index (κ2) is 16.1. The molecule has 8 aromatic carbocycles. The standard InChI is InChI=1S/C64H51N4O/c1-4-16-45(17-5-1)54-25-15-26-55(46-18-6-2-7-19-46)63(54)67-42-66(59-28-12-13-29-60(59)67)51-22-14-23-52(40-51)69-53-30-31-57-56-24-10-11-27-58(56)68(61(57)41-53)62-39-48(32-33-65-62)64(47-20-8-3-9-21-47)49-35-43-34-44(37-49)38-50(64)36-43/h1-33,39-44,49-50H,34-38H2/q+1. The van der Waals surface area contributed by atoms with Crippen molar-refractivity contribution in [1.29, 1.82) is 0 Å². The highest BCUT2D eigenvalue weighted by Gasteiger charge is 2.58. The van der Waals surface area contributed by atoms with Crippen molar-refractivity contribution in [3.63, 3.8) is 0 Å². The molecule has 0 unspecified atom stereocenters. The van der Waals surface area contributed by atoms with E-state index in [4.69, 9.17) is 9.72 Å². The van der Waals surface area contributed by atoms with Crippen molar-refractivity contribution in [2.45, 2.75) is 37.5 Å². The Morgan fingerprint density at radius 3 is 1.81 bits per heavy atom. The quantitative estimate of drug-likeness (QED) is 0.135. The zero-order chi connectivity index (χ0) is 45.5. The number of fused-ring (bicyclic) bond motifs is 4. The predicted molar refractivity (Wildman–Crippen MR) is 279 cm³/mol. The highest BCUT2D eigenvalue weighted by molar-refractivity contribution is 6.09. The first-order valence-corrected chi connectivity index (χ1v) is 24.8. The molecular weight excluding hydrogens is 841 g/mol. The van der Waals surface area contributed by atoms with Gasteiger partial charge in [0.1, 0.15) is 28.7 Å². The van der Waals surface area contributed by atoms with Crippen molar-refractivity contribution in [2.75, 3.05) is 0 Å². The normalized spacial score (nSPS) is 20.5. The van der Waals surface area contributed by atoms with E-state index in [1.807, 2.05) is 0 Å². The van der Waals surface area contributed by atoms with E-state index in [1.54, 1.807) is 0 Å². The van der Waals surface area contributed by atoms with Crippen molar-refractivity contribution in [3.05, 3.63) is 236 Å². The fourth-order valence-corrected chi connectivity index (χ4v) is 13.6. The Morgan fingerprint density at radius 1 is 0.478 bits per heavy atom. The van der Waals surface area contributed by atoms with Gasteiger partial charge in [-0.05, 0) is 133 Å². The summed E-state index contributed by atoms with van der Waals surface area (Å²) < 4.78 is 13.9. The number of imidazole rings is 1. The number of para-hydroxylation sites is 4. The first kappa shape index (κ1) is 40.1. The molecule has 3 aromatic heterocycles. The molecule has 0 aliphatic heterocycles. The van der Waals surface area contributed by atoms with E-state index in [0.717, 1.165) is 62.6 Å². The number of nitrogens with zero attached hydrogens (tertiary/aromatic N) is 4. The number of benzene rings is 8. The minimum atomic E-state index is -0.00973. The lowest BCUT2D eigenvalue weighted by atomic mass is 9.42. The van der Waals surface area contributed by atoms with Crippen molar-refractivity contribution in [3.8, 4) is 50.9 Å². The van der Waals surface area contributed by atoms with Gasteiger partial charge in [0.05, 0.1) is 11.0 Å². The molecule has 15 rings (SSSR count). The van der Waals surface area contributed by atoms with E-state index in [2.05, 4.69) is 239 Å². The van der Waals surface area contributed by atoms with Crippen molar-refractivity contribution in [2.24, 2.45) is 23.7 Å². The van der Waals surface area contributed by atoms with Gasteiger partial charge in [0.15, 0.2) is 11.0 Å². The molecule has 4 aliphatic rings. The van der Waals surface area contributed by atoms with E-state index in [-0.39, 0.29) is 5.41 Å². The molecule has 4 saturated carbocycles. The number of ether oxygens (including phenoxy) is 1. The first-order valence-electron chi connectivity index (χ1n) is 24.8. The molecule has 0 radical (unpaired) electrons. The molecule has 11 aromatic rings. The highest BCUT2D eigenvalue weighted by Crippen LogP contribution is 2.65. The first-order chi connectivity index (χ1) is 34.2. The van der Waals surface area contributed by atoms with Crippen molar-refractivity contribution >= 4 is 32.8 Å². The Kier molecular flexibility index (Phi) is 9.33. The van der Waals surface area contributed by atoms with E-state index in [1.165, 1.54) is 76.3 Å². The summed E-state index contributed by atoms with van der Waals surface area (Å²) in [6.07, 6.45) is 11.0. The van der Waals surface area contributed by atoms with Gasteiger partial charge >= 0.3 is 0 Å². The minimum absolute atomic E-state index is 0.00973. The lowest BCUT2D eigenvalue weighted by molar-refractivity contribution is -0.566. The Balaban J connectivity index is 0.866. The largest absolute Gasteiger partial charge is 0.457 e. The molecular formula is C64H51N4O+. The molecule has 5 nitrogen and oxygen atoms in total. The van der Waals surface area contributed by atoms with Crippen LogP contribution in [0.25, 0.3) is 72.3 Å². The van der Waals surface area contributed by atoms with E-state index in [0.29, 0.717) is 11.8 Å². The van der Waals surface area contributed by atoms with Crippen LogP contribution < -0.4 is 9.30 Å². The van der Waals surface area contributed by atoms with Gasteiger partial charge in [-0.3, -0.25) is 4.57 Å². The molecule has 332 valence electrons. The number of rotatable bonds is 9. The molecule has 0 spiro atoms. The van der Waals surface area contributed by atoms with Crippen LogP contribution in [-0.2, 0) is 5.41 Å². The smallest absolute Gasteiger partial charge is 0.255 e. The van der Waals surface area contributed by atoms with Gasteiger partial charge in [-0.2, -0.15) is 9.13 Å². The second-order valence-electron chi connectivity index (χ2n) is 19.9. The highest BCUT2D eigenvalue weighted by atomic mass is 16.5. The number of hydrogen-bond acceptors (Lipinski definition) is 2. The zero-order valence-electron chi connectivity index (χ0n) is 38.4. The van der Waals surface area contributed by atoms with Gasteiger partial charge in [-0.1, -0.05) is 146 Å². The molecule has 0 N–H and O–H groups in total. The summed E-state index contributed by atoms with van der Waals surface area (Å²) in [5.74, 6) is 5.53. The third kappa shape index (κ3) is 6.44. The molecule has 0 saturated heterocycles. The van der Waals surface area contributed by atoms with Crippen LogP contribution in [0.5, 0.6) is 11.5 Å². The SMILES string of the molecule is c1ccc(-c2cccc(-c3ccccc3)c2-[n+]2cn(-c3cccc(Oc4ccc5c6ccccc6n(-c6cc(C7(c8ccccc8)C8CC9CC(C8)CC7C9)ccn6)c5c4)c3)c3ccccc32)cc1. The Morgan fingerprint density at radius 2 is 1.09 bits per heavy atom. The Hall–Kier alpha value is -8.02. The molecule has 69 heavy (non-hydrogen) atoms. The Bertz CT molecular complexity index is 3640. The molecule has 0 atom stereocenters. The lowest BCUT2D eigenvalue weighted by Gasteiger charge is -2.62. The van der Waals surface area contributed by atoms with Gasteiger partial charge < -0.3 is 4.74 Å². The van der Waals surface area contributed by atoms with Gasteiger partial charge in [-0.15, -0.1) is 0 Å². The van der Waals surface area contributed by atoms with Crippen molar-refractivity contribution < 1.29 is 9.30 Å². The fourth-order valence-electron chi connectivity index (χ4n) is 13.6. The molecule has 0 amide bonds. The topological polar surface area (TPSA) is 35.9 Å². The van der Waals surface area contributed by atoms with Gasteiger partial charge in [0, 0.05) is 45.6 Å². The van der Waals surface area contributed by atoms with Crippen LogP contribution in [0.15, 0.2) is 225 Å². The average Bonchev–Trinajstić information content (AvgIpc) is 3.95. The van der Waals surface area contributed by atoms with Gasteiger partial charge in [0.2, 0.25) is 0 Å². The summed E-state index contributed by atoms with van der Waals surface area (Å²) in [6, 6.07) is 76.7. The van der Waals surface area contributed by atoms with Gasteiger partial charge in [-0.25, -0.2) is 4.98 Å². The second-order valence-corrected chi connectivity index (χ2v) is 19.9. The Labute approximate surface area is 402 Å².